The Kier molecular flexibility index (Phi) is 4.55. The molecule has 0 unspecified atom stereocenters. The second-order valence-electron chi connectivity index (χ2n) is 6.40. The van der Waals surface area contributed by atoms with Crippen molar-refractivity contribution < 1.29 is 22.7 Å². The lowest BCUT2D eigenvalue weighted by molar-refractivity contribution is -0.114. The molecule has 140 valence electrons. The lowest BCUT2D eigenvalue weighted by Crippen LogP contribution is -2.40. The highest BCUT2D eigenvalue weighted by Gasteiger charge is 2.37. The molecule has 0 radical (unpaired) electrons. The van der Waals surface area contributed by atoms with Gasteiger partial charge in [0, 0.05) is 13.1 Å². The Balaban J connectivity index is 1.68. The molecule has 0 aromatic heterocycles. The molecule has 0 N–H and O–H groups in total. The molecule has 2 aromatic carbocycles. The second-order valence-corrected chi connectivity index (χ2v) is 8.34. The van der Waals surface area contributed by atoms with Crippen molar-refractivity contribution >= 4 is 27.4 Å². The molecule has 27 heavy (non-hydrogen) atoms. The number of Topliss-reactive ketones (excluding diaryl/α,β-unsaturated/α-hetero) is 1. The Morgan fingerprint density at radius 3 is 2.37 bits per heavy atom. The van der Waals surface area contributed by atoms with Gasteiger partial charge < -0.3 is 9.64 Å². The molecule has 0 aliphatic carbocycles. The first-order valence-electron chi connectivity index (χ1n) is 8.60. The monoisotopic (exact) mass is 386 g/mol. The van der Waals surface area contributed by atoms with E-state index in [2.05, 4.69) is 0 Å². The third kappa shape index (κ3) is 3.16. The van der Waals surface area contributed by atoms with Crippen LogP contribution in [0.2, 0.25) is 0 Å². The van der Waals surface area contributed by atoms with Crippen LogP contribution in [-0.2, 0) is 26.1 Å². The van der Waals surface area contributed by atoms with Crippen LogP contribution in [0.25, 0.3) is 0 Å². The summed E-state index contributed by atoms with van der Waals surface area (Å²) < 4.78 is 32.1. The summed E-state index contributed by atoms with van der Waals surface area (Å²) in [7, 11) is -3.73. The molecule has 1 saturated heterocycles. The van der Waals surface area contributed by atoms with Gasteiger partial charge in [-0.25, -0.2) is 8.42 Å². The number of ketones is 1. The van der Waals surface area contributed by atoms with Crippen LogP contribution in [0.1, 0.15) is 15.9 Å². The number of sulfonamides is 1. The quantitative estimate of drug-likeness (QED) is 0.743. The van der Waals surface area contributed by atoms with Crippen molar-refractivity contribution in [2.45, 2.75) is 11.4 Å². The number of benzene rings is 2. The van der Waals surface area contributed by atoms with Crippen LogP contribution in [0.15, 0.2) is 53.4 Å². The van der Waals surface area contributed by atoms with Gasteiger partial charge in [0.25, 0.3) is 11.7 Å². The summed E-state index contributed by atoms with van der Waals surface area (Å²) in [5, 5.41) is 0. The standard InChI is InChI=1S/C19H18N2O5S/c22-18-16-12-15(27(24,25)20-8-10-26-11-9-20)6-7-17(16)21(19(18)23)13-14-4-2-1-3-5-14/h1-7,12H,8-11,13H2. The molecule has 2 aromatic rings. The number of carbonyl (C=O) groups excluding carboxylic acids is 2. The van der Waals surface area contributed by atoms with Crippen molar-refractivity contribution in [2.75, 3.05) is 31.2 Å². The first-order valence-corrected chi connectivity index (χ1v) is 10.0. The Morgan fingerprint density at radius 2 is 1.67 bits per heavy atom. The fraction of sp³-hybridized carbons (Fsp3) is 0.263. The molecular formula is C19H18N2O5S. The van der Waals surface area contributed by atoms with Gasteiger partial charge in [-0.1, -0.05) is 30.3 Å². The average Bonchev–Trinajstić information content (AvgIpc) is 2.94. The molecule has 1 amide bonds. The van der Waals surface area contributed by atoms with E-state index in [9.17, 15) is 18.0 Å². The first kappa shape index (κ1) is 17.8. The number of hydrogen-bond acceptors (Lipinski definition) is 5. The van der Waals surface area contributed by atoms with Crippen LogP contribution in [0.3, 0.4) is 0 Å². The van der Waals surface area contributed by atoms with Crippen molar-refractivity contribution in [1.29, 1.82) is 0 Å². The van der Waals surface area contributed by atoms with Gasteiger partial charge in [0.05, 0.1) is 35.9 Å². The minimum atomic E-state index is -3.73. The van der Waals surface area contributed by atoms with Crippen molar-refractivity contribution in [3.8, 4) is 0 Å². The highest BCUT2D eigenvalue weighted by atomic mass is 32.2. The third-order valence-corrected chi connectivity index (χ3v) is 6.63. The van der Waals surface area contributed by atoms with Gasteiger partial charge in [-0.3, -0.25) is 9.59 Å². The van der Waals surface area contributed by atoms with Crippen molar-refractivity contribution in [3.05, 3.63) is 59.7 Å². The number of nitrogens with zero attached hydrogens (tertiary/aromatic N) is 2. The van der Waals surface area contributed by atoms with Gasteiger partial charge >= 0.3 is 0 Å². The Labute approximate surface area is 157 Å². The molecule has 0 atom stereocenters. The van der Waals surface area contributed by atoms with Gasteiger partial charge in [-0.2, -0.15) is 4.31 Å². The van der Waals surface area contributed by atoms with Crippen molar-refractivity contribution in [3.63, 3.8) is 0 Å². The number of amides is 1. The minimum Gasteiger partial charge on any atom is -0.379 e. The molecule has 0 bridgehead atoms. The zero-order valence-electron chi connectivity index (χ0n) is 14.5. The van der Waals surface area contributed by atoms with E-state index in [-0.39, 0.29) is 30.1 Å². The number of carbonyl (C=O) groups is 2. The van der Waals surface area contributed by atoms with E-state index >= 15 is 0 Å². The Bertz CT molecular complexity index is 998. The van der Waals surface area contributed by atoms with Gasteiger partial charge in [0.2, 0.25) is 10.0 Å². The van der Waals surface area contributed by atoms with Gasteiger partial charge in [-0.15, -0.1) is 0 Å². The van der Waals surface area contributed by atoms with E-state index in [0.29, 0.717) is 18.9 Å². The molecule has 0 saturated carbocycles. The van der Waals surface area contributed by atoms with E-state index in [1.54, 1.807) is 0 Å². The lowest BCUT2D eigenvalue weighted by Gasteiger charge is -2.26. The maximum Gasteiger partial charge on any atom is 0.299 e. The molecule has 0 spiro atoms. The van der Waals surface area contributed by atoms with Crippen LogP contribution in [0, 0.1) is 0 Å². The van der Waals surface area contributed by atoms with Gasteiger partial charge in [0.15, 0.2) is 0 Å². The van der Waals surface area contributed by atoms with E-state index in [0.717, 1.165) is 5.56 Å². The maximum absolute atomic E-state index is 12.8. The van der Waals surface area contributed by atoms with Crippen LogP contribution < -0.4 is 4.90 Å². The van der Waals surface area contributed by atoms with Gasteiger partial charge in [-0.05, 0) is 23.8 Å². The zero-order valence-corrected chi connectivity index (χ0v) is 15.3. The number of fused-ring (bicyclic) bond motifs is 1. The molecule has 1 fully saturated rings. The molecule has 2 heterocycles. The second kappa shape index (κ2) is 6.88. The Hall–Kier alpha value is -2.55. The van der Waals surface area contributed by atoms with Crippen LogP contribution in [-0.4, -0.2) is 50.7 Å². The summed E-state index contributed by atoms with van der Waals surface area (Å²) in [5.74, 6) is -1.32. The van der Waals surface area contributed by atoms with E-state index in [4.69, 9.17) is 4.74 Å². The topological polar surface area (TPSA) is 84.0 Å². The minimum absolute atomic E-state index is 0.0193. The first-order chi connectivity index (χ1) is 13.0. The summed E-state index contributed by atoms with van der Waals surface area (Å²) in [6.45, 7) is 1.48. The summed E-state index contributed by atoms with van der Waals surface area (Å²) in [5.41, 5.74) is 1.46. The molecule has 8 heteroatoms. The summed E-state index contributed by atoms with van der Waals surface area (Å²) in [6.07, 6.45) is 0. The zero-order chi connectivity index (χ0) is 19.0. The molecular weight excluding hydrogens is 368 g/mol. The normalized spacial score (nSPS) is 18.0. The maximum atomic E-state index is 12.8. The Morgan fingerprint density at radius 1 is 0.963 bits per heavy atom. The third-order valence-electron chi connectivity index (χ3n) is 4.73. The molecule has 2 aliphatic rings. The summed E-state index contributed by atoms with van der Waals surface area (Å²) >= 11 is 0. The van der Waals surface area contributed by atoms with E-state index in [1.807, 2.05) is 30.3 Å². The number of morpholine rings is 1. The average molecular weight is 386 g/mol. The fourth-order valence-corrected chi connectivity index (χ4v) is 4.73. The van der Waals surface area contributed by atoms with Crippen LogP contribution in [0.4, 0.5) is 5.69 Å². The smallest absolute Gasteiger partial charge is 0.299 e. The van der Waals surface area contributed by atoms with Crippen molar-refractivity contribution in [2.24, 2.45) is 0 Å². The number of rotatable bonds is 4. The highest BCUT2D eigenvalue weighted by molar-refractivity contribution is 7.89. The van der Waals surface area contributed by atoms with Crippen LogP contribution >= 0.6 is 0 Å². The van der Waals surface area contributed by atoms with E-state index < -0.39 is 21.7 Å². The fourth-order valence-electron chi connectivity index (χ4n) is 3.30. The number of hydrogen-bond donors (Lipinski definition) is 0. The van der Waals surface area contributed by atoms with E-state index in [1.165, 1.54) is 27.4 Å². The predicted octanol–water partition coefficient (Wildman–Crippen LogP) is 1.44. The summed E-state index contributed by atoms with van der Waals surface area (Å²) in [4.78, 5) is 26.3. The highest BCUT2D eigenvalue weighted by Crippen LogP contribution is 2.33. The van der Waals surface area contributed by atoms with Crippen LogP contribution in [0.5, 0.6) is 0 Å². The SMILES string of the molecule is O=C1C(=O)N(Cc2ccccc2)c2ccc(S(=O)(=O)N3CCOCC3)cc21. The molecule has 2 aliphatic heterocycles. The molecule has 4 rings (SSSR count). The lowest BCUT2D eigenvalue weighted by atomic mass is 10.1. The largest absolute Gasteiger partial charge is 0.379 e. The number of ether oxygens (including phenoxy) is 1. The number of anilines is 1. The van der Waals surface area contributed by atoms with Gasteiger partial charge in [0.1, 0.15) is 0 Å². The molecule has 7 nitrogen and oxygen atoms in total. The van der Waals surface area contributed by atoms with Crippen molar-refractivity contribution in [1.82, 2.24) is 4.31 Å². The predicted molar refractivity (Wildman–Crippen MR) is 98.0 cm³/mol. The summed E-state index contributed by atoms with van der Waals surface area (Å²) in [6, 6.07) is 13.6.